The molecule has 152 valence electrons. The number of carbonyl (C=O) groups is 1. The number of benzene rings is 1. The van der Waals surface area contributed by atoms with Gasteiger partial charge in [0.25, 0.3) is 5.91 Å². The first-order chi connectivity index (χ1) is 14.3. The van der Waals surface area contributed by atoms with E-state index in [1.165, 1.54) is 15.0 Å². The van der Waals surface area contributed by atoms with E-state index < -0.39 is 0 Å². The summed E-state index contributed by atoms with van der Waals surface area (Å²) in [7, 11) is 0. The van der Waals surface area contributed by atoms with E-state index in [-0.39, 0.29) is 5.91 Å². The van der Waals surface area contributed by atoms with E-state index >= 15 is 0 Å². The maximum absolute atomic E-state index is 12.6. The molecule has 2 aliphatic rings. The summed E-state index contributed by atoms with van der Waals surface area (Å²) in [6.45, 7) is 5.52. The first-order valence-electron chi connectivity index (χ1n) is 10.2. The zero-order valence-electron chi connectivity index (χ0n) is 16.4. The van der Waals surface area contributed by atoms with Crippen LogP contribution in [0.1, 0.15) is 34.2 Å². The molecule has 2 aliphatic heterocycles. The molecule has 1 aromatic carbocycles. The second-order valence-corrected chi connectivity index (χ2v) is 8.91. The van der Waals surface area contributed by atoms with E-state index in [0.717, 1.165) is 32.5 Å². The van der Waals surface area contributed by atoms with Gasteiger partial charge in [-0.15, -0.1) is 16.4 Å². The van der Waals surface area contributed by atoms with Crippen LogP contribution in [0.3, 0.4) is 0 Å². The smallest absolute Gasteiger partial charge is 0.276 e. The number of morpholine rings is 1. The Labute approximate surface area is 173 Å². The van der Waals surface area contributed by atoms with Crippen molar-refractivity contribution >= 4 is 27.3 Å². The fourth-order valence-electron chi connectivity index (χ4n) is 4.16. The number of thiophene rings is 1. The Morgan fingerprint density at radius 1 is 1.14 bits per heavy atom. The third-order valence-electron chi connectivity index (χ3n) is 5.81. The van der Waals surface area contributed by atoms with E-state index in [1.807, 2.05) is 22.2 Å². The highest BCUT2D eigenvalue weighted by Crippen LogP contribution is 2.28. The first kappa shape index (κ1) is 18.7. The van der Waals surface area contributed by atoms with Crippen LogP contribution in [-0.4, -0.2) is 70.1 Å². The molecule has 5 rings (SSSR count). The summed E-state index contributed by atoms with van der Waals surface area (Å²) < 4.78 is 8.57. The number of fused-ring (bicyclic) bond motifs is 1. The number of aromatic nitrogens is 3. The van der Waals surface area contributed by atoms with Gasteiger partial charge < -0.3 is 9.64 Å². The topological polar surface area (TPSA) is 63.5 Å². The molecule has 3 aromatic rings. The van der Waals surface area contributed by atoms with Gasteiger partial charge in [-0.2, -0.15) is 0 Å². The lowest BCUT2D eigenvalue weighted by Crippen LogP contribution is -2.40. The van der Waals surface area contributed by atoms with Crippen molar-refractivity contribution in [2.24, 2.45) is 0 Å². The molecule has 0 bridgehead atoms. The molecule has 0 spiro atoms. The lowest BCUT2D eigenvalue weighted by Gasteiger charge is -2.31. The van der Waals surface area contributed by atoms with Crippen LogP contribution in [0.4, 0.5) is 0 Å². The van der Waals surface area contributed by atoms with Crippen LogP contribution in [0, 0.1) is 0 Å². The Balaban J connectivity index is 1.17. The molecular weight excluding hydrogens is 386 g/mol. The molecular formula is C21H25N5O2S. The van der Waals surface area contributed by atoms with Crippen LogP contribution < -0.4 is 0 Å². The molecule has 4 heterocycles. The molecule has 2 fully saturated rings. The van der Waals surface area contributed by atoms with Crippen molar-refractivity contribution in [1.82, 2.24) is 24.8 Å². The molecule has 0 radical (unpaired) electrons. The quantitative estimate of drug-likeness (QED) is 0.661. The van der Waals surface area contributed by atoms with Crippen LogP contribution in [-0.2, 0) is 11.3 Å². The van der Waals surface area contributed by atoms with Gasteiger partial charge in [0.05, 0.1) is 25.5 Å². The minimum absolute atomic E-state index is 0.0400. The van der Waals surface area contributed by atoms with Crippen molar-refractivity contribution in [3.8, 4) is 0 Å². The van der Waals surface area contributed by atoms with Crippen LogP contribution >= 0.6 is 11.3 Å². The number of nitrogens with zero attached hydrogens (tertiary/aromatic N) is 5. The summed E-state index contributed by atoms with van der Waals surface area (Å²) in [5.41, 5.74) is 0.444. The molecule has 1 amide bonds. The molecule has 0 aliphatic carbocycles. The number of ether oxygens (including phenoxy) is 1. The lowest BCUT2D eigenvalue weighted by molar-refractivity contribution is 0.0299. The molecule has 29 heavy (non-hydrogen) atoms. The maximum atomic E-state index is 12.6. The highest BCUT2D eigenvalue weighted by atomic mass is 32.1. The van der Waals surface area contributed by atoms with Gasteiger partial charge in [-0.3, -0.25) is 9.69 Å². The van der Waals surface area contributed by atoms with Gasteiger partial charge in [0.1, 0.15) is 0 Å². The second kappa shape index (κ2) is 8.22. The maximum Gasteiger partial charge on any atom is 0.276 e. The second-order valence-electron chi connectivity index (χ2n) is 7.75. The lowest BCUT2D eigenvalue weighted by atomic mass is 10.1. The van der Waals surface area contributed by atoms with Crippen molar-refractivity contribution in [3.63, 3.8) is 0 Å². The van der Waals surface area contributed by atoms with E-state index in [1.54, 1.807) is 4.90 Å². The first-order valence-corrected chi connectivity index (χ1v) is 11.1. The standard InChI is InChI=1S/C21H25N5O2S/c27-21(25-9-11-28-12-10-25)19-15-26(23-22-19)17-5-7-24(8-6-17)14-18-13-16-3-1-2-4-20(16)29-18/h1-4,13,15,17H,5-12,14H2. The molecule has 0 unspecified atom stereocenters. The molecule has 2 saturated heterocycles. The van der Waals surface area contributed by atoms with Crippen LogP contribution in [0.25, 0.3) is 10.1 Å². The van der Waals surface area contributed by atoms with Gasteiger partial charge in [0.2, 0.25) is 0 Å². The number of hydrogen-bond acceptors (Lipinski definition) is 6. The zero-order valence-corrected chi connectivity index (χ0v) is 17.2. The Morgan fingerprint density at radius 3 is 2.72 bits per heavy atom. The van der Waals surface area contributed by atoms with Gasteiger partial charge >= 0.3 is 0 Å². The SMILES string of the molecule is O=C(c1cn(C2CCN(Cc3cc4ccccc4s3)CC2)nn1)N1CCOCC1. The van der Waals surface area contributed by atoms with Crippen LogP contribution in [0.15, 0.2) is 36.5 Å². The average molecular weight is 412 g/mol. The van der Waals surface area contributed by atoms with E-state index in [2.05, 4.69) is 45.5 Å². The summed E-state index contributed by atoms with van der Waals surface area (Å²) in [6, 6.07) is 11.2. The van der Waals surface area contributed by atoms with Crippen molar-refractivity contribution in [1.29, 1.82) is 0 Å². The third kappa shape index (κ3) is 4.05. The number of likely N-dealkylation sites (tertiary alicyclic amines) is 1. The number of hydrogen-bond donors (Lipinski definition) is 0. The third-order valence-corrected chi connectivity index (χ3v) is 6.92. The van der Waals surface area contributed by atoms with Gasteiger partial charge in [-0.05, 0) is 30.4 Å². The molecule has 7 nitrogen and oxygen atoms in total. The highest BCUT2D eigenvalue weighted by molar-refractivity contribution is 7.19. The number of carbonyl (C=O) groups excluding carboxylic acids is 1. The largest absolute Gasteiger partial charge is 0.378 e. The van der Waals surface area contributed by atoms with Crippen molar-refractivity contribution < 1.29 is 9.53 Å². The number of piperidine rings is 1. The Bertz CT molecular complexity index is 953. The normalized spacial score (nSPS) is 19.1. The van der Waals surface area contributed by atoms with E-state index in [9.17, 15) is 4.79 Å². The van der Waals surface area contributed by atoms with E-state index in [0.29, 0.717) is 38.0 Å². The van der Waals surface area contributed by atoms with Crippen molar-refractivity contribution in [2.75, 3.05) is 39.4 Å². The minimum Gasteiger partial charge on any atom is -0.378 e. The Kier molecular flexibility index (Phi) is 5.30. The minimum atomic E-state index is -0.0400. The van der Waals surface area contributed by atoms with Crippen LogP contribution in [0.2, 0.25) is 0 Å². The number of rotatable bonds is 4. The summed E-state index contributed by atoms with van der Waals surface area (Å²) >= 11 is 1.89. The molecule has 0 saturated carbocycles. The summed E-state index contributed by atoms with van der Waals surface area (Å²) in [6.07, 6.45) is 3.88. The van der Waals surface area contributed by atoms with Crippen LogP contribution in [0.5, 0.6) is 0 Å². The summed E-state index contributed by atoms with van der Waals surface area (Å²) in [4.78, 5) is 18.3. The Morgan fingerprint density at radius 2 is 1.93 bits per heavy atom. The van der Waals surface area contributed by atoms with Crippen molar-refractivity contribution in [2.45, 2.75) is 25.4 Å². The zero-order chi connectivity index (χ0) is 19.6. The van der Waals surface area contributed by atoms with E-state index in [4.69, 9.17) is 4.74 Å². The Hall–Kier alpha value is -2.29. The predicted octanol–water partition coefficient (Wildman–Crippen LogP) is 2.80. The van der Waals surface area contributed by atoms with Gasteiger partial charge in [-0.25, -0.2) is 4.68 Å². The fraction of sp³-hybridized carbons (Fsp3) is 0.476. The summed E-state index contributed by atoms with van der Waals surface area (Å²) in [5.74, 6) is -0.0400. The highest BCUT2D eigenvalue weighted by Gasteiger charge is 2.25. The molecule has 0 N–H and O–H groups in total. The molecule has 2 aromatic heterocycles. The number of amides is 1. The monoisotopic (exact) mass is 411 g/mol. The fourth-order valence-corrected chi connectivity index (χ4v) is 5.27. The molecule has 8 heteroatoms. The predicted molar refractivity (Wildman–Crippen MR) is 112 cm³/mol. The molecule has 0 atom stereocenters. The van der Waals surface area contributed by atoms with Crippen molar-refractivity contribution in [3.05, 3.63) is 47.1 Å². The van der Waals surface area contributed by atoms with Gasteiger partial charge in [-0.1, -0.05) is 23.4 Å². The summed E-state index contributed by atoms with van der Waals surface area (Å²) in [5, 5.41) is 9.75. The van der Waals surface area contributed by atoms with Gasteiger partial charge in [0, 0.05) is 42.3 Å². The average Bonchev–Trinajstić information content (AvgIpc) is 3.41. The van der Waals surface area contributed by atoms with Gasteiger partial charge in [0.15, 0.2) is 5.69 Å².